The molecule has 0 bridgehead atoms. The lowest BCUT2D eigenvalue weighted by Crippen LogP contribution is -2.44. The van der Waals surface area contributed by atoms with E-state index in [4.69, 9.17) is 5.73 Å². The number of carbonyl (C=O) groups excluding carboxylic acids is 1. The summed E-state index contributed by atoms with van der Waals surface area (Å²) in [4.78, 5) is 12.3. The van der Waals surface area contributed by atoms with Gasteiger partial charge in [0.2, 0.25) is 5.91 Å². The molecule has 3 rings (SSSR count). The van der Waals surface area contributed by atoms with Crippen molar-refractivity contribution in [1.82, 2.24) is 0 Å². The van der Waals surface area contributed by atoms with E-state index in [0.29, 0.717) is 0 Å². The van der Waals surface area contributed by atoms with Gasteiger partial charge < -0.3 is 5.73 Å². The molecule has 1 aliphatic carbocycles. The number of hydrogen-bond acceptors (Lipinski definition) is 1. The van der Waals surface area contributed by atoms with E-state index in [-0.39, 0.29) is 5.91 Å². The fraction of sp³-hybridized carbons (Fsp3) is 0.278. The zero-order valence-electron chi connectivity index (χ0n) is 11.7. The Morgan fingerprint density at radius 2 is 1.80 bits per heavy atom. The van der Waals surface area contributed by atoms with Crippen molar-refractivity contribution >= 4 is 5.91 Å². The molecule has 0 spiro atoms. The first kappa shape index (κ1) is 12.9. The summed E-state index contributed by atoms with van der Waals surface area (Å²) in [6.45, 7) is 2.05. The molecule has 0 aliphatic heterocycles. The Hall–Kier alpha value is -2.09. The summed E-state index contributed by atoms with van der Waals surface area (Å²) in [6, 6.07) is 16.4. The van der Waals surface area contributed by atoms with Gasteiger partial charge in [0.15, 0.2) is 0 Å². The number of primary amides is 1. The molecule has 0 radical (unpaired) electrons. The van der Waals surface area contributed by atoms with Gasteiger partial charge in [-0.25, -0.2) is 0 Å². The average molecular weight is 265 g/mol. The first-order valence-electron chi connectivity index (χ1n) is 7.10. The van der Waals surface area contributed by atoms with E-state index in [2.05, 4.69) is 31.2 Å². The minimum Gasteiger partial charge on any atom is -0.369 e. The van der Waals surface area contributed by atoms with Gasteiger partial charge >= 0.3 is 0 Å². The van der Waals surface area contributed by atoms with Crippen LogP contribution in [0.25, 0.3) is 0 Å². The van der Waals surface area contributed by atoms with Crippen LogP contribution >= 0.6 is 0 Å². The molecule has 2 aromatic carbocycles. The highest BCUT2D eigenvalue weighted by Crippen LogP contribution is 2.42. The third kappa shape index (κ3) is 1.83. The number of amides is 1. The van der Waals surface area contributed by atoms with Crippen molar-refractivity contribution in [3.8, 4) is 0 Å². The van der Waals surface area contributed by atoms with Crippen molar-refractivity contribution in [2.24, 2.45) is 5.73 Å². The van der Waals surface area contributed by atoms with Crippen LogP contribution in [0.1, 0.15) is 35.1 Å². The van der Waals surface area contributed by atoms with Gasteiger partial charge in [-0.3, -0.25) is 4.79 Å². The molecule has 2 aromatic rings. The lowest BCUT2D eigenvalue weighted by molar-refractivity contribution is -0.122. The van der Waals surface area contributed by atoms with E-state index in [1.165, 1.54) is 11.1 Å². The molecule has 0 heterocycles. The highest BCUT2D eigenvalue weighted by atomic mass is 16.1. The largest absolute Gasteiger partial charge is 0.369 e. The van der Waals surface area contributed by atoms with Crippen LogP contribution in [0.15, 0.2) is 48.5 Å². The Morgan fingerprint density at radius 3 is 2.50 bits per heavy atom. The van der Waals surface area contributed by atoms with Crippen LogP contribution in [0.3, 0.4) is 0 Å². The highest BCUT2D eigenvalue weighted by molar-refractivity contribution is 5.91. The van der Waals surface area contributed by atoms with E-state index in [1.54, 1.807) is 0 Å². The summed E-state index contributed by atoms with van der Waals surface area (Å²) < 4.78 is 0. The van der Waals surface area contributed by atoms with Crippen molar-refractivity contribution in [3.05, 3.63) is 70.8 Å². The smallest absolute Gasteiger partial charge is 0.232 e. The average Bonchev–Trinajstić information content (AvgIpc) is 2.47. The first-order valence-corrected chi connectivity index (χ1v) is 7.10. The van der Waals surface area contributed by atoms with Gasteiger partial charge in [0.25, 0.3) is 0 Å². The van der Waals surface area contributed by atoms with Gasteiger partial charge in [0.1, 0.15) is 0 Å². The van der Waals surface area contributed by atoms with E-state index >= 15 is 0 Å². The van der Waals surface area contributed by atoms with Gasteiger partial charge in [-0.1, -0.05) is 54.1 Å². The van der Waals surface area contributed by atoms with Gasteiger partial charge in [-0.15, -0.1) is 0 Å². The fourth-order valence-corrected chi connectivity index (χ4v) is 3.37. The molecular formula is C18H19NO. The minimum absolute atomic E-state index is 0.242. The van der Waals surface area contributed by atoms with Crippen LogP contribution in [0.2, 0.25) is 0 Å². The standard InChI is InChI=1S/C18H19NO/c1-13-8-10-15(11-9-13)18(17(19)20)12-4-6-14-5-2-3-7-16(14)18/h2-3,5,7-11H,4,6,12H2,1H3,(H2,19,20). The predicted octanol–water partition coefficient (Wildman–Crippen LogP) is 3.10. The van der Waals surface area contributed by atoms with E-state index in [1.807, 2.05) is 24.3 Å². The lowest BCUT2D eigenvalue weighted by atomic mass is 9.65. The van der Waals surface area contributed by atoms with Crippen LogP contribution in [-0.4, -0.2) is 5.91 Å². The summed E-state index contributed by atoms with van der Waals surface area (Å²) in [5, 5.41) is 0. The van der Waals surface area contributed by atoms with E-state index in [9.17, 15) is 4.79 Å². The van der Waals surface area contributed by atoms with Gasteiger partial charge in [0.05, 0.1) is 5.41 Å². The van der Waals surface area contributed by atoms with Crippen molar-refractivity contribution < 1.29 is 4.79 Å². The molecule has 1 aliphatic rings. The maximum atomic E-state index is 12.3. The number of fused-ring (bicyclic) bond motifs is 1. The Morgan fingerprint density at radius 1 is 1.10 bits per heavy atom. The quantitative estimate of drug-likeness (QED) is 0.890. The normalized spacial score (nSPS) is 21.2. The lowest BCUT2D eigenvalue weighted by Gasteiger charge is -2.37. The van der Waals surface area contributed by atoms with E-state index < -0.39 is 5.41 Å². The zero-order chi connectivity index (χ0) is 14.2. The molecule has 0 saturated carbocycles. The van der Waals surface area contributed by atoms with Gasteiger partial charge in [-0.05, 0) is 42.9 Å². The van der Waals surface area contributed by atoms with Crippen LogP contribution in [0.5, 0.6) is 0 Å². The number of carbonyl (C=O) groups is 1. The second kappa shape index (κ2) is 4.78. The number of rotatable bonds is 2. The molecule has 1 unspecified atom stereocenters. The molecule has 2 nitrogen and oxygen atoms in total. The Bertz CT molecular complexity index is 645. The van der Waals surface area contributed by atoms with Crippen molar-refractivity contribution in [2.45, 2.75) is 31.6 Å². The number of benzene rings is 2. The van der Waals surface area contributed by atoms with Crippen molar-refractivity contribution in [3.63, 3.8) is 0 Å². The van der Waals surface area contributed by atoms with Crippen LogP contribution < -0.4 is 5.73 Å². The van der Waals surface area contributed by atoms with Crippen LogP contribution in [-0.2, 0) is 16.6 Å². The second-order valence-electron chi connectivity index (χ2n) is 5.65. The van der Waals surface area contributed by atoms with Gasteiger partial charge in [0, 0.05) is 0 Å². The molecule has 1 amide bonds. The maximum absolute atomic E-state index is 12.3. The molecule has 2 N–H and O–H groups in total. The third-order valence-corrected chi connectivity index (χ3v) is 4.44. The Kier molecular flexibility index (Phi) is 3.09. The highest BCUT2D eigenvalue weighted by Gasteiger charge is 2.43. The minimum atomic E-state index is -0.664. The van der Waals surface area contributed by atoms with Crippen LogP contribution in [0.4, 0.5) is 0 Å². The first-order chi connectivity index (χ1) is 9.64. The zero-order valence-corrected chi connectivity index (χ0v) is 11.7. The fourth-order valence-electron chi connectivity index (χ4n) is 3.37. The molecule has 1 atom stereocenters. The number of hydrogen-bond donors (Lipinski definition) is 1. The number of aryl methyl sites for hydroxylation is 2. The molecule has 0 aromatic heterocycles. The molecule has 0 fully saturated rings. The summed E-state index contributed by atoms with van der Waals surface area (Å²) in [5.74, 6) is -0.242. The van der Waals surface area contributed by atoms with Crippen LogP contribution in [0, 0.1) is 6.92 Å². The summed E-state index contributed by atoms with van der Waals surface area (Å²) in [6.07, 6.45) is 2.81. The molecule has 2 heteroatoms. The van der Waals surface area contributed by atoms with Gasteiger partial charge in [-0.2, -0.15) is 0 Å². The maximum Gasteiger partial charge on any atom is 0.232 e. The topological polar surface area (TPSA) is 43.1 Å². The monoisotopic (exact) mass is 265 g/mol. The van der Waals surface area contributed by atoms with Crippen molar-refractivity contribution in [1.29, 1.82) is 0 Å². The summed E-state index contributed by atoms with van der Waals surface area (Å²) in [5.41, 5.74) is 9.73. The molecular weight excluding hydrogens is 246 g/mol. The second-order valence-corrected chi connectivity index (χ2v) is 5.65. The van der Waals surface area contributed by atoms with E-state index in [0.717, 1.165) is 30.4 Å². The Balaban J connectivity index is 2.25. The van der Waals surface area contributed by atoms with Crippen molar-refractivity contribution in [2.75, 3.05) is 0 Å². The molecule has 0 saturated heterocycles. The number of nitrogens with two attached hydrogens (primary N) is 1. The predicted molar refractivity (Wildman–Crippen MR) is 80.5 cm³/mol. The molecule has 102 valence electrons. The summed E-state index contributed by atoms with van der Waals surface area (Å²) >= 11 is 0. The molecule has 20 heavy (non-hydrogen) atoms. The Labute approximate surface area is 119 Å². The SMILES string of the molecule is Cc1ccc(C2(C(N)=O)CCCc3ccccc32)cc1. The third-order valence-electron chi connectivity index (χ3n) is 4.44. The summed E-state index contributed by atoms with van der Waals surface area (Å²) in [7, 11) is 0.